The van der Waals surface area contributed by atoms with Crippen molar-refractivity contribution in [1.82, 2.24) is 0 Å². The van der Waals surface area contributed by atoms with Gasteiger partial charge < -0.3 is 9.84 Å². The quantitative estimate of drug-likeness (QED) is 0.561. The van der Waals surface area contributed by atoms with E-state index in [9.17, 15) is 0 Å². The van der Waals surface area contributed by atoms with Crippen molar-refractivity contribution in [3.8, 4) is 0 Å². The fraction of sp³-hybridized carbons (Fsp3) is 1.00. The van der Waals surface area contributed by atoms with Gasteiger partial charge in [0.05, 0.1) is 12.7 Å². The normalized spacial score (nSPS) is 40.4. The van der Waals surface area contributed by atoms with Crippen LogP contribution < -0.4 is 0 Å². The number of ether oxygens (including phenoxy) is 1. The van der Waals surface area contributed by atoms with Crippen molar-refractivity contribution in [1.29, 1.82) is 0 Å². The van der Waals surface area contributed by atoms with Crippen molar-refractivity contribution < 1.29 is 9.84 Å². The smallest absolute Gasteiger partial charge is 0.0840 e. The Balaban J connectivity index is 1.72. The highest BCUT2D eigenvalue weighted by Crippen LogP contribution is 2.41. The van der Waals surface area contributed by atoms with E-state index in [0.29, 0.717) is 12.7 Å². The Hall–Kier alpha value is -0.0800. The van der Waals surface area contributed by atoms with Crippen LogP contribution in [0.1, 0.15) is 45.4 Å². The van der Waals surface area contributed by atoms with Crippen LogP contribution in [0, 0.1) is 17.8 Å². The molecule has 0 aromatic carbocycles. The van der Waals surface area contributed by atoms with Gasteiger partial charge in [0.25, 0.3) is 0 Å². The van der Waals surface area contributed by atoms with E-state index in [0.717, 1.165) is 30.8 Å². The number of rotatable bonds is 5. The zero-order chi connectivity index (χ0) is 10.7. The van der Waals surface area contributed by atoms with Gasteiger partial charge in [-0.25, -0.2) is 0 Å². The average Bonchev–Trinajstić information content (AvgIpc) is 3.04. The Morgan fingerprint density at radius 2 is 2.07 bits per heavy atom. The van der Waals surface area contributed by atoms with Gasteiger partial charge >= 0.3 is 0 Å². The first kappa shape index (κ1) is 11.4. The van der Waals surface area contributed by atoms with E-state index in [2.05, 4.69) is 6.92 Å². The molecule has 2 heteroatoms. The van der Waals surface area contributed by atoms with Gasteiger partial charge in [-0.2, -0.15) is 0 Å². The van der Waals surface area contributed by atoms with Gasteiger partial charge in [-0.15, -0.1) is 0 Å². The summed E-state index contributed by atoms with van der Waals surface area (Å²) in [5.41, 5.74) is 0. The summed E-state index contributed by atoms with van der Waals surface area (Å²) in [7, 11) is 0. The summed E-state index contributed by atoms with van der Waals surface area (Å²) in [6.07, 6.45) is 8.25. The molecule has 15 heavy (non-hydrogen) atoms. The van der Waals surface area contributed by atoms with Crippen molar-refractivity contribution in [2.24, 2.45) is 17.8 Å². The van der Waals surface area contributed by atoms with Crippen molar-refractivity contribution >= 4 is 0 Å². The molecule has 2 fully saturated rings. The summed E-state index contributed by atoms with van der Waals surface area (Å²) in [6, 6.07) is 0. The molecule has 1 N–H and O–H groups in total. The van der Waals surface area contributed by atoms with Crippen molar-refractivity contribution in [3.05, 3.63) is 0 Å². The first-order valence-corrected chi connectivity index (χ1v) is 6.53. The van der Waals surface area contributed by atoms with Gasteiger partial charge in [-0.1, -0.05) is 32.6 Å². The molecule has 0 spiro atoms. The molecule has 88 valence electrons. The van der Waals surface area contributed by atoms with E-state index in [-0.39, 0.29) is 0 Å². The predicted molar refractivity (Wildman–Crippen MR) is 60.7 cm³/mol. The van der Waals surface area contributed by atoms with Crippen molar-refractivity contribution in [2.75, 3.05) is 13.2 Å². The van der Waals surface area contributed by atoms with E-state index in [1.165, 1.54) is 32.1 Å². The Morgan fingerprint density at radius 3 is 2.73 bits per heavy atom. The minimum absolute atomic E-state index is 0.359. The summed E-state index contributed by atoms with van der Waals surface area (Å²) >= 11 is 0. The maximum absolute atomic E-state index is 8.77. The Labute approximate surface area is 93.0 Å². The zero-order valence-corrected chi connectivity index (χ0v) is 9.82. The second-order valence-corrected chi connectivity index (χ2v) is 5.41. The number of aliphatic hydroxyl groups excluding tert-OH is 1. The molecular formula is C13H24O2. The van der Waals surface area contributed by atoms with Crippen LogP contribution >= 0.6 is 0 Å². The van der Waals surface area contributed by atoms with Crippen LogP contribution in [0.3, 0.4) is 0 Å². The molecule has 1 saturated carbocycles. The minimum Gasteiger partial charge on any atom is -0.396 e. The lowest BCUT2D eigenvalue weighted by atomic mass is 9.72. The molecular weight excluding hydrogens is 188 g/mol. The Bertz CT molecular complexity index is 189. The van der Waals surface area contributed by atoms with Gasteiger partial charge in [0.2, 0.25) is 0 Å². The maximum atomic E-state index is 8.77. The molecule has 0 aromatic rings. The highest BCUT2D eigenvalue weighted by Gasteiger charge is 2.39. The molecule has 0 aromatic heterocycles. The van der Waals surface area contributed by atoms with Crippen LogP contribution in [0.4, 0.5) is 0 Å². The highest BCUT2D eigenvalue weighted by atomic mass is 16.6. The molecule has 1 aliphatic heterocycles. The van der Waals surface area contributed by atoms with E-state index in [4.69, 9.17) is 9.84 Å². The summed E-state index contributed by atoms with van der Waals surface area (Å²) < 4.78 is 5.45. The van der Waals surface area contributed by atoms with Gasteiger partial charge in [-0.05, 0) is 30.6 Å². The largest absolute Gasteiger partial charge is 0.396 e. The SMILES string of the molecule is CC1CCC(CCCCO)CC1C1CO1. The first-order valence-electron chi connectivity index (χ1n) is 6.53. The molecule has 0 amide bonds. The molecule has 0 bridgehead atoms. The summed E-state index contributed by atoms with van der Waals surface area (Å²) in [6.45, 7) is 3.76. The number of hydrogen-bond donors (Lipinski definition) is 1. The second kappa shape index (κ2) is 5.31. The third-order valence-corrected chi connectivity index (χ3v) is 4.22. The first-order chi connectivity index (χ1) is 7.31. The molecule has 1 aliphatic carbocycles. The average molecular weight is 212 g/mol. The molecule has 4 atom stereocenters. The summed E-state index contributed by atoms with van der Waals surface area (Å²) in [4.78, 5) is 0. The van der Waals surface area contributed by atoms with Crippen LogP contribution in [0.15, 0.2) is 0 Å². The van der Waals surface area contributed by atoms with Crippen molar-refractivity contribution in [2.45, 2.75) is 51.6 Å². The highest BCUT2D eigenvalue weighted by molar-refractivity contribution is 4.88. The lowest BCUT2D eigenvalue weighted by molar-refractivity contribution is 0.146. The van der Waals surface area contributed by atoms with Gasteiger partial charge in [0.15, 0.2) is 0 Å². The summed E-state index contributed by atoms with van der Waals surface area (Å²) in [5.74, 6) is 2.60. The number of unbranched alkanes of at least 4 members (excludes halogenated alkanes) is 1. The van der Waals surface area contributed by atoms with E-state index in [1.54, 1.807) is 0 Å². The number of hydrogen-bond acceptors (Lipinski definition) is 2. The van der Waals surface area contributed by atoms with E-state index >= 15 is 0 Å². The fourth-order valence-corrected chi connectivity index (χ4v) is 3.08. The predicted octanol–water partition coefficient (Wildman–Crippen LogP) is 2.60. The van der Waals surface area contributed by atoms with Crippen molar-refractivity contribution in [3.63, 3.8) is 0 Å². The van der Waals surface area contributed by atoms with E-state index in [1.807, 2.05) is 0 Å². The number of aliphatic hydroxyl groups is 1. The molecule has 0 radical (unpaired) electrons. The Kier molecular flexibility index (Phi) is 4.04. The lowest BCUT2D eigenvalue weighted by Crippen LogP contribution is -2.27. The second-order valence-electron chi connectivity index (χ2n) is 5.41. The van der Waals surface area contributed by atoms with Crippen LogP contribution in [-0.2, 0) is 4.74 Å². The Morgan fingerprint density at radius 1 is 1.27 bits per heavy atom. The lowest BCUT2D eigenvalue weighted by Gasteiger charge is -2.33. The molecule has 2 aliphatic rings. The molecule has 1 heterocycles. The molecule has 2 nitrogen and oxygen atoms in total. The summed E-state index contributed by atoms with van der Waals surface area (Å²) in [5, 5.41) is 8.77. The third-order valence-electron chi connectivity index (χ3n) is 4.22. The van der Waals surface area contributed by atoms with Gasteiger partial charge in [0.1, 0.15) is 0 Å². The molecule has 4 unspecified atom stereocenters. The van der Waals surface area contributed by atoms with Crippen LogP contribution in [0.25, 0.3) is 0 Å². The number of epoxide rings is 1. The third kappa shape index (κ3) is 3.18. The maximum Gasteiger partial charge on any atom is 0.0840 e. The molecule has 1 saturated heterocycles. The zero-order valence-electron chi connectivity index (χ0n) is 9.82. The van der Waals surface area contributed by atoms with Crippen LogP contribution in [0.2, 0.25) is 0 Å². The molecule has 2 rings (SSSR count). The van der Waals surface area contributed by atoms with Crippen LogP contribution in [0.5, 0.6) is 0 Å². The minimum atomic E-state index is 0.359. The van der Waals surface area contributed by atoms with Crippen LogP contribution in [-0.4, -0.2) is 24.4 Å². The van der Waals surface area contributed by atoms with E-state index < -0.39 is 0 Å². The van der Waals surface area contributed by atoms with Gasteiger partial charge in [-0.3, -0.25) is 0 Å². The monoisotopic (exact) mass is 212 g/mol. The topological polar surface area (TPSA) is 32.8 Å². The standard InChI is InChI=1S/C13H24O2/c1-10-5-6-11(4-2-3-7-14)8-12(10)13-9-15-13/h10-14H,2-9H2,1H3. The van der Waals surface area contributed by atoms with Gasteiger partial charge in [0, 0.05) is 6.61 Å². The fourth-order valence-electron chi connectivity index (χ4n) is 3.08.